The molecule has 1 aromatic carbocycles. The van der Waals surface area contributed by atoms with Crippen molar-refractivity contribution in [2.75, 3.05) is 13.6 Å². The predicted molar refractivity (Wildman–Crippen MR) is 79.0 cm³/mol. The fourth-order valence-electron chi connectivity index (χ4n) is 2.52. The Kier molecular flexibility index (Phi) is 3.44. The van der Waals surface area contributed by atoms with Gasteiger partial charge >= 0.3 is 0 Å². The lowest BCUT2D eigenvalue weighted by Gasteiger charge is -2.15. The number of nitrogens with zero attached hydrogens (tertiary/aromatic N) is 3. The van der Waals surface area contributed by atoms with Crippen molar-refractivity contribution >= 4 is 29.1 Å². The smallest absolute Gasteiger partial charge is 0.224 e. The third-order valence-electron chi connectivity index (χ3n) is 3.58. The van der Waals surface area contributed by atoms with Crippen LogP contribution in [0.5, 0.6) is 0 Å². The molecular formula is C14H13Cl2N3O. The number of benzene rings is 1. The minimum absolute atomic E-state index is 0.0834. The maximum atomic E-state index is 11.7. The van der Waals surface area contributed by atoms with Gasteiger partial charge in [-0.25, -0.2) is 4.98 Å². The number of carbonyl (C=O) groups is 1. The Bertz CT molecular complexity index is 668. The summed E-state index contributed by atoms with van der Waals surface area (Å²) in [5.74, 6) is 0.887. The van der Waals surface area contributed by atoms with Crippen LogP contribution in [0.15, 0.2) is 30.6 Å². The first-order chi connectivity index (χ1) is 9.58. The van der Waals surface area contributed by atoms with Crippen molar-refractivity contribution < 1.29 is 4.79 Å². The monoisotopic (exact) mass is 309 g/mol. The van der Waals surface area contributed by atoms with Gasteiger partial charge in [-0.05, 0) is 12.1 Å². The highest BCUT2D eigenvalue weighted by Crippen LogP contribution is 2.35. The van der Waals surface area contributed by atoms with E-state index in [9.17, 15) is 4.79 Å². The maximum Gasteiger partial charge on any atom is 0.224 e. The molecule has 3 rings (SSSR count). The van der Waals surface area contributed by atoms with Gasteiger partial charge in [-0.15, -0.1) is 0 Å². The molecule has 1 atom stereocenters. The fourth-order valence-corrected chi connectivity index (χ4v) is 2.90. The minimum atomic E-state index is 0.0834. The van der Waals surface area contributed by atoms with Crippen molar-refractivity contribution in [3.8, 4) is 11.4 Å². The van der Waals surface area contributed by atoms with E-state index in [1.54, 1.807) is 17.2 Å². The summed E-state index contributed by atoms with van der Waals surface area (Å²) < 4.78 is 2.00. The summed E-state index contributed by atoms with van der Waals surface area (Å²) in [7, 11) is 1.81. The van der Waals surface area contributed by atoms with Crippen LogP contribution in [0.2, 0.25) is 10.0 Å². The summed E-state index contributed by atoms with van der Waals surface area (Å²) in [6.07, 6.45) is 4.08. The molecule has 104 valence electrons. The van der Waals surface area contributed by atoms with Crippen molar-refractivity contribution in [3.63, 3.8) is 0 Å². The summed E-state index contributed by atoms with van der Waals surface area (Å²) in [5, 5.41) is 0.984. The van der Waals surface area contributed by atoms with E-state index in [2.05, 4.69) is 4.98 Å². The van der Waals surface area contributed by atoms with Crippen molar-refractivity contribution in [2.24, 2.45) is 0 Å². The molecule has 2 aromatic rings. The molecule has 1 aliphatic rings. The van der Waals surface area contributed by atoms with Gasteiger partial charge in [-0.3, -0.25) is 4.79 Å². The predicted octanol–water partition coefficient (Wildman–Crippen LogP) is 3.26. The van der Waals surface area contributed by atoms with Crippen molar-refractivity contribution in [2.45, 2.75) is 12.5 Å². The average Bonchev–Trinajstić information content (AvgIpc) is 3.01. The number of rotatable bonds is 2. The molecule has 0 N–H and O–H groups in total. The molecule has 4 nitrogen and oxygen atoms in total. The van der Waals surface area contributed by atoms with Crippen LogP contribution in [0.4, 0.5) is 0 Å². The number of imidazole rings is 1. The Hall–Kier alpha value is -1.52. The largest absolute Gasteiger partial charge is 0.344 e. The Morgan fingerprint density at radius 2 is 2.15 bits per heavy atom. The lowest BCUT2D eigenvalue weighted by molar-refractivity contribution is -0.126. The van der Waals surface area contributed by atoms with Crippen LogP contribution in [-0.2, 0) is 4.79 Å². The molecule has 1 aromatic heterocycles. The summed E-state index contributed by atoms with van der Waals surface area (Å²) in [4.78, 5) is 17.8. The van der Waals surface area contributed by atoms with Gasteiger partial charge in [0.15, 0.2) is 0 Å². The second-order valence-electron chi connectivity index (χ2n) is 4.89. The zero-order chi connectivity index (χ0) is 14.3. The van der Waals surface area contributed by atoms with Gasteiger partial charge in [0.2, 0.25) is 5.91 Å². The third-order valence-corrected chi connectivity index (χ3v) is 4.39. The lowest BCUT2D eigenvalue weighted by Crippen LogP contribution is -2.19. The maximum absolute atomic E-state index is 11.7. The third kappa shape index (κ3) is 2.19. The molecule has 0 bridgehead atoms. The van der Waals surface area contributed by atoms with E-state index in [0.29, 0.717) is 23.0 Å². The first-order valence-corrected chi connectivity index (χ1v) is 7.04. The van der Waals surface area contributed by atoms with Crippen LogP contribution < -0.4 is 0 Å². The van der Waals surface area contributed by atoms with E-state index in [1.165, 1.54) is 0 Å². The van der Waals surface area contributed by atoms with Crippen LogP contribution in [0.1, 0.15) is 12.5 Å². The standard InChI is InChI=1S/C14H13Cl2N3O/c1-18-8-9(7-12(18)20)19-6-5-17-14(19)10-3-2-4-11(15)13(10)16/h2-6,9H,7-8H2,1H3. The number of aromatic nitrogens is 2. The molecule has 1 unspecified atom stereocenters. The van der Waals surface area contributed by atoms with Gasteiger partial charge in [0, 0.05) is 38.0 Å². The lowest BCUT2D eigenvalue weighted by atomic mass is 10.2. The van der Waals surface area contributed by atoms with E-state index in [-0.39, 0.29) is 11.9 Å². The quantitative estimate of drug-likeness (QED) is 0.854. The molecule has 0 aliphatic carbocycles. The van der Waals surface area contributed by atoms with Crippen LogP contribution in [0, 0.1) is 0 Å². The number of halogens is 2. The Labute approximate surface area is 126 Å². The number of likely N-dealkylation sites (tertiary alicyclic amines) is 1. The van der Waals surface area contributed by atoms with Crippen LogP contribution in [0.25, 0.3) is 11.4 Å². The molecule has 1 fully saturated rings. The van der Waals surface area contributed by atoms with Crippen LogP contribution in [-0.4, -0.2) is 34.0 Å². The number of carbonyl (C=O) groups excluding carboxylic acids is 1. The first-order valence-electron chi connectivity index (χ1n) is 6.29. The van der Waals surface area contributed by atoms with E-state index < -0.39 is 0 Å². The molecule has 1 amide bonds. The number of hydrogen-bond acceptors (Lipinski definition) is 2. The van der Waals surface area contributed by atoms with Crippen LogP contribution in [0.3, 0.4) is 0 Å². The molecule has 1 aliphatic heterocycles. The number of amides is 1. The summed E-state index contributed by atoms with van der Waals surface area (Å²) in [6.45, 7) is 0.681. The molecule has 1 saturated heterocycles. The van der Waals surface area contributed by atoms with Crippen molar-refractivity contribution in [3.05, 3.63) is 40.6 Å². The molecule has 6 heteroatoms. The number of hydrogen-bond donors (Lipinski definition) is 0. The summed E-state index contributed by atoms with van der Waals surface area (Å²) >= 11 is 12.3. The molecule has 0 saturated carbocycles. The molecule has 2 heterocycles. The van der Waals surface area contributed by atoms with E-state index in [4.69, 9.17) is 23.2 Å². The normalized spacial score (nSPS) is 18.9. The minimum Gasteiger partial charge on any atom is -0.344 e. The highest BCUT2D eigenvalue weighted by molar-refractivity contribution is 6.43. The van der Waals surface area contributed by atoms with Crippen molar-refractivity contribution in [1.82, 2.24) is 14.5 Å². The molecule has 0 radical (unpaired) electrons. The topological polar surface area (TPSA) is 38.1 Å². The van der Waals surface area contributed by atoms with Gasteiger partial charge in [0.25, 0.3) is 0 Å². The van der Waals surface area contributed by atoms with Crippen LogP contribution >= 0.6 is 23.2 Å². The zero-order valence-corrected chi connectivity index (χ0v) is 12.4. The van der Waals surface area contributed by atoms with Crippen molar-refractivity contribution in [1.29, 1.82) is 0 Å². The summed E-state index contributed by atoms with van der Waals surface area (Å²) in [6, 6.07) is 5.55. The molecular weight excluding hydrogens is 297 g/mol. The Morgan fingerprint density at radius 1 is 1.35 bits per heavy atom. The second kappa shape index (κ2) is 5.11. The van der Waals surface area contributed by atoms with E-state index in [1.807, 2.05) is 29.9 Å². The fraction of sp³-hybridized carbons (Fsp3) is 0.286. The van der Waals surface area contributed by atoms with Gasteiger partial charge < -0.3 is 9.47 Å². The van der Waals surface area contributed by atoms with E-state index in [0.717, 1.165) is 11.4 Å². The second-order valence-corrected chi connectivity index (χ2v) is 5.68. The summed E-state index contributed by atoms with van der Waals surface area (Å²) in [5.41, 5.74) is 0.783. The average molecular weight is 310 g/mol. The van der Waals surface area contributed by atoms with E-state index >= 15 is 0 Å². The number of likely N-dealkylation sites (N-methyl/N-ethyl adjacent to an activating group) is 1. The molecule has 20 heavy (non-hydrogen) atoms. The first kappa shape index (κ1) is 13.5. The molecule has 0 spiro atoms. The highest BCUT2D eigenvalue weighted by Gasteiger charge is 2.29. The van der Waals surface area contributed by atoms with Gasteiger partial charge in [-0.2, -0.15) is 0 Å². The van der Waals surface area contributed by atoms with Gasteiger partial charge in [0.05, 0.1) is 16.1 Å². The Morgan fingerprint density at radius 3 is 2.85 bits per heavy atom. The Balaban J connectivity index is 2.03. The SMILES string of the molecule is CN1CC(n2ccnc2-c2cccc(Cl)c2Cl)CC1=O. The zero-order valence-electron chi connectivity index (χ0n) is 10.9. The van der Waals surface area contributed by atoms with Gasteiger partial charge in [0.1, 0.15) is 5.82 Å². The highest BCUT2D eigenvalue weighted by atomic mass is 35.5. The van der Waals surface area contributed by atoms with Gasteiger partial charge in [-0.1, -0.05) is 29.3 Å².